The van der Waals surface area contributed by atoms with Crippen molar-refractivity contribution in [3.05, 3.63) is 59.1 Å². The summed E-state index contributed by atoms with van der Waals surface area (Å²) in [6, 6.07) is 9.38. The Bertz CT molecular complexity index is 796. The second-order valence-corrected chi connectivity index (χ2v) is 5.93. The van der Waals surface area contributed by atoms with E-state index in [2.05, 4.69) is 5.32 Å². The highest BCUT2D eigenvalue weighted by molar-refractivity contribution is 6.30. The zero-order valence-corrected chi connectivity index (χ0v) is 13.2. The van der Waals surface area contributed by atoms with Crippen LogP contribution < -0.4 is 10.2 Å². The van der Waals surface area contributed by atoms with Gasteiger partial charge in [0.1, 0.15) is 11.6 Å². The van der Waals surface area contributed by atoms with Gasteiger partial charge in [-0.2, -0.15) is 0 Å². The second-order valence-electron chi connectivity index (χ2n) is 5.50. The van der Waals surface area contributed by atoms with Gasteiger partial charge in [0.15, 0.2) is 0 Å². The van der Waals surface area contributed by atoms with E-state index in [9.17, 15) is 18.4 Å². The predicted octanol–water partition coefficient (Wildman–Crippen LogP) is 3.61. The number of nitrogens with one attached hydrogen (secondary N) is 1. The van der Waals surface area contributed by atoms with Gasteiger partial charge in [0.05, 0.1) is 11.6 Å². The van der Waals surface area contributed by atoms with E-state index in [4.69, 9.17) is 11.6 Å². The van der Waals surface area contributed by atoms with Crippen LogP contribution in [0, 0.1) is 17.6 Å². The van der Waals surface area contributed by atoms with Crippen LogP contribution >= 0.6 is 11.6 Å². The number of hydrogen-bond acceptors (Lipinski definition) is 2. The fraction of sp³-hybridized carbons (Fsp3) is 0.176. The van der Waals surface area contributed by atoms with Gasteiger partial charge in [-0.3, -0.25) is 9.59 Å². The van der Waals surface area contributed by atoms with E-state index < -0.39 is 23.5 Å². The number of carbonyl (C=O) groups excluding carboxylic acids is 2. The quantitative estimate of drug-likeness (QED) is 0.919. The normalized spacial score (nSPS) is 17.2. The Kier molecular flexibility index (Phi) is 4.49. The highest BCUT2D eigenvalue weighted by Crippen LogP contribution is 2.27. The van der Waals surface area contributed by atoms with E-state index in [1.165, 1.54) is 41.3 Å². The molecule has 1 unspecified atom stereocenters. The summed E-state index contributed by atoms with van der Waals surface area (Å²) in [5, 5.41) is 2.70. The zero-order valence-electron chi connectivity index (χ0n) is 12.4. The first-order chi connectivity index (χ1) is 11.4. The molecule has 0 spiro atoms. The van der Waals surface area contributed by atoms with Crippen molar-refractivity contribution in [2.75, 3.05) is 16.8 Å². The summed E-state index contributed by atoms with van der Waals surface area (Å²) in [7, 11) is 0. The van der Waals surface area contributed by atoms with Gasteiger partial charge in [0.2, 0.25) is 11.8 Å². The number of halogens is 3. The molecular formula is C17H13ClF2N2O2. The molecular weight excluding hydrogens is 338 g/mol. The number of benzene rings is 2. The van der Waals surface area contributed by atoms with Crippen LogP contribution in [-0.4, -0.2) is 18.4 Å². The Labute approximate surface area is 142 Å². The summed E-state index contributed by atoms with van der Waals surface area (Å²) in [6.45, 7) is 0.158. The second kappa shape index (κ2) is 6.57. The number of hydrogen-bond donors (Lipinski definition) is 1. The smallest absolute Gasteiger partial charge is 0.229 e. The molecule has 2 amide bonds. The molecule has 0 bridgehead atoms. The highest BCUT2D eigenvalue weighted by Gasteiger charge is 2.35. The summed E-state index contributed by atoms with van der Waals surface area (Å²) >= 11 is 5.67. The van der Waals surface area contributed by atoms with Crippen LogP contribution in [0.4, 0.5) is 20.2 Å². The predicted molar refractivity (Wildman–Crippen MR) is 86.9 cm³/mol. The Hall–Kier alpha value is -2.47. The van der Waals surface area contributed by atoms with Gasteiger partial charge in [0.25, 0.3) is 0 Å². The molecule has 2 aromatic rings. The number of anilines is 2. The molecule has 24 heavy (non-hydrogen) atoms. The molecule has 0 aromatic heterocycles. The first-order valence-corrected chi connectivity index (χ1v) is 7.63. The van der Waals surface area contributed by atoms with Crippen LogP contribution in [0.2, 0.25) is 5.02 Å². The van der Waals surface area contributed by atoms with Gasteiger partial charge in [-0.05, 0) is 42.5 Å². The fourth-order valence-corrected chi connectivity index (χ4v) is 2.74. The fourth-order valence-electron chi connectivity index (χ4n) is 2.58. The minimum absolute atomic E-state index is 0.0112. The van der Waals surface area contributed by atoms with Crippen molar-refractivity contribution in [1.29, 1.82) is 0 Å². The van der Waals surface area contributed by atoms with E-state index >= 15 is 0 Å². The third-order valence-electron chi connectivity index (χ3n) is 3.82. The van der Waals surface area contributed by atoms with Crippen LogP contribution in [0.3, 0.4) is 0 Å². The molecule has 3 rings (SSSR count). The standard InChI is InChI=1S/C17H13ClF2N2O2/c18-11-1-6-15(14(20)8-11)21-17(24)10-7-16(23)22(9-10)13-4-2-12(19)3-5-13/h1-6,8,10H,7,9H2,(H,21,24). The molecule has 1 aliphatic heterocycles. The molecule has 0 saturated carbocycles. The Morgan fingerprint density at radius 3 is 2.54 bits per heavy atom. The van der Waals surface area contributed by atoms with Gasteiger partial charge in [-0.25, -0.2) is 8.78 Å². The molecule has 0 radical (unpaired) electrons. The molecule has 1 aliphatic rings. The maximum Gasteiger partial charge on any atom is 0.229 e. The van der Waals surface area contributed by atoms with Gasteiger partial charge in [0, 0.05) is 23.7 Å². The monoisotopic (exact) mass is 350 g/mol. The Morgan fingerprint density at radius 1 is 1.17 bits per heavy atom. The third-order valence-corrected chi connectivity index (χ3v) is 4.06. The van der Waals surface area contributed by atoms with Crippen molar-refractivity contribution >= 4 is 34.8 Å². The van der Waals surface area contributed by atoms with Crippen molar-refractivity contribution in [2.24, 2.45) is 5.92 Å². The van der Waals surface area contributed by atoms with Gasteiger partial charge < -0.3 is 10.2 Å². The van der Waals surface area contributed by atoms with Gasteiger partial charge >= 0.3 is 0 Å². The van der Waals surface area contributed by atoms with E-state index in [1.54, 1.807) is 0 Å². The SMILES string of the molecule is O=C(Nc1ccc(Cl)cc1F)C1CC(=O)N(c2ccc(F)cc2)C1. The topological polar surface area (TPSA) is 49.4 Å². The number of amides is 2. The summed E-state index contributed by atoms with van der Waals surface area (Å²) in [5.41, 5.74) is 0.534. The summed E-state index contributed by atoms with van der Waals surface area (Å²) in [4.78, 5) is 25.8. The van der Waals surface area contributed by atoms with Crippen LogP contribution in [0.5, 0.6) is 0 Å². The van der Waals surface area contributed by atoms with Crippen LogP contribution in [-0.2, 0) is 9.59 Å². The lowest BCUT2D eigenvalue weighted by molar-refractivity contribution is -0.122. The van der Waals surface area contributed by atoms with Crippen molar-refractivity contribution < 1.29 is 18.4 Å². The maximum absolute atomic E-state index is 13.7. The number of rotatable bonds is 3. The lowest BCUT2D eigenvalue weighted by atomic mass is 10.1. The molecule has 2 aromatic carbocycles. The lowest BCUT2D eigenvalue weighted by Crippen LogP contribution is -2.28. The number of carbonyl (C=O) groups is 2. The van der Waals surface area contributed by atoms with Crippen LogP contribution in [0.1, 0.15) is 6.42 Å². The summed E-state index contributed by atoms with van der Waals surface area (Å²) in [5.74, 6) is -2.35. The van der Waals surface area contributed by atoms with E-state index in [0.717, 1.165) is 6.07 Å². The zero-order chi connectivity index (χ0) is 17.3. The van der Waals surface area contributed by atoms with Crippen molar-refractivity contribution in [1.82, 2.24) is 0 Å². The molecule has 1 N–H and O–H groups in total. The van der Waals surface area contributed by atoms with E-state index in [0.29, 0.717) is 5.69 Å². The summed E-state index contributed by atoms with van der Waals surface area (Å²) in [6.07, 6.45) is 0.0123. The minimum Gasteiger partial charge on any atom is -0.323 e. The largest absolute Gasteiger partial charge is 0.323 e. The third kappa shape index (κ3) is 3.38. The molecule has 1 fully saturated rings. The van der Waals surface area contributed by atoms with E-state index in [1.807, 2.05) is 0 Å². The maximum atomic E-state index is 13.7. The summed E-state index contributed by atoms with van der Waals surface area (Å²) < 4.78 is 26.7. The Balaban J connectivity index is 1.70. The molecule has 1 saturated heterocycles. The first kappa shape index (κ1) is 16.4. The first-order valence-electron chi connectivity index (χ1n) is 7.26. The van der Waals surface area contributed by atoms with Crippen LogP contribution in [0.25, 0.3) is 0 Å². The molecule has 1 heterocycles. The average Bonchev–Trinajstić information content (AvgIpc) is 2.93. The van der Waals surface area contributed by atoms with Crippen molar-refractivity contribution in [3.63, 3.8) is 0 Å². The molecule has 124 valence electrons. The number of nitrogens with zero attached hydrogens (tertiary/aromatic N) is 1. The minimum atomic E-state index is -0.643. The van der Waals surface area contributed by atoms with Crippen molar-refractivity contribution in [3.8, 4) is 0 Å². The Morgan fingerprint density at radius 2 is 1.88 bits per heavy atom. The molecule has 1 atom stereocenters. The molecule has 4 nitrogen and oxygen atoms in total. The highest BCUT2D eigenvalue weighted by atomic mass is 35.5. The van der Waals surface area contributed by atoms with E-state index in [-0.39, 0.29) is 29.6 Å². The molecule has 7 heteroatoms. The van der Waals surface area contributed by atoms with Crippen molar-refractivity contribution in [2.45, 2.75) is 6.42 Å². The molecule has 0 aliphatic carbocycles. The van der Waals surface area contributed by atoms with Gasteiger partial charge in [-0.15, -0.1) is 0 Å². The lowest BCUT2D eigenvalue weighted by Gasteiger charge is -2.16. The average molecular weight is 351 g/mol. The van der Waals surface area contributed by atoms with Crippen LogP contribution in [0.15, 0.2) is 42.5 Å². The van der Waals surface area contributed by atoms with Gasteiger partial charge in [-0.1, -0.05) is 11.6 Å².